The van der Waals surface area contributed by atoms with Crippen LogP contribution < -0.4 is 0 Å². The van der Waals surface area contributed by atoms with Gasteiger partial charge in [0.05, 0.1) is 17.8 Å². The molecule has 4 rings (SSSR count). The van der Waals surface area contributed by atoms with Crippen LogP contribution in [0.2, 0.25) is 0 Å². The number of carbonyl (C=O) groups excluding carboxylic acids is 1. The van der Waals surface area contributed by atoms with Crippen LogP contribution >= 0.6 is 11.8 Å². The Kier molecular flexibility index (Phi) is 5.36. The Hall–Kier alpha value is -2.74. The van der Waals surface area contributed by atoms with Crippen molar-refractivity contribution >= 4 is 39.6 Å². The number of fused-ring (bicyclic) bond motifs is 1. The number of allylic oxidation sites excluding steroid dienone is 4. The van der Waals surface area contributed by atoms with Gasteiger partial charge in [-0.2, -0.15) is 10.0 Å². The summed E-state index contributed by atoms with van der Waals surface area (Å²) >= 11 is 1.37. The largest absolute Gasteiger partial charge is 0.349 e. The van der Waals surface area contributed by atoms with Crippen molar-refractivity contribution in [2.45, 2.75) is 26.7 Å². The van der Waals surface area contributed by atoms with E-state index in [0.717, 1.165) is 53.9 Å². The first-order valence-electron chi connectivity index (χ1n) is 9.76. The predicted octanol–water partition coefficient (Wildman–Crippen LogP) is 3.35. The maximum atomic E-state index is 12.6. The van der Waals surface area contributed by atoms with Gasteiger partial charge in [-0.05, 0) is 60.7 Å². The number of amides is 1. The van der Waals surface area contributed by atoms with Crippen LogP contribution in [0.4, 0.5) is 0 Å². The van der Waals surface area contributed by atoms with Gasteiger partial charge < -0.3 is 4.90 Å². The van der Waals surface area contributed by atoms with Crippen LogP contribution in [0.5, 0.6) is 0 Å². The zero-order chi connectivity index (χ0) is 20.5. The van der Waals surface area contributed by atoms with Gasteiger partial charge >= 0.3 is 0 Å². The Bertz CT molecular complexity index is 960. The molecule has 0 aromatic heterocycles. The molecular formula is C21H24N6OS. The number of piperidine rings is 1. The van der Waals surface area contributed by atoms with Crippen molar-refractivity contribution in [3.63, 3.8) is 0 Å². The van der Waals surface area contributed by atoms with E-state index >= 15 is 0 Å². The summed E-state index contributed by atoms with van der Waals surface area (Å²) in [6.45, 7) is 10.3. The number of nitrogens with zero attached hydrogens (tertiary/aromatic N) is 5. The van der Waals surface area contributed by atoms with Crippen LogP contribution in [-0.2, 0) is 4.79 Å². The molecule has 1 saturated heterocycles. The summed E-state index contributed by atoms with van der Waals surface area (Å²) in [5, 5.41) is 15.9. The van der Waals surface area contributed by atoms with Crippen LogP contribution in [0.25, 0.3) is 0 Å². The van der Waals surface area contributed by atoms with E-state index in [1.165, 1.54) is 16.8 Å². The number of rotatable bonds is 3. The number of thioether (sulfide) groups is 1. The predicted molar refractivity (Wildman–Crippen MR) is 119 cm³/mol. The van der Waals surface area contributed by atoms with E-state index in [0.29, 0.717) is 11.7 Å². The number of hydrogen-bond donors (Lipinski definition) is 1. The van der Waals surface area contributed by atoms with E-state index in [1.807, 2.05) is 19.1 Å². The van der Waals surface area contributed by atoms with Gasteiger partial charge in [0.15, 0.2) is 11.0 Å². The second kappa shape index (κ2) is 7.94. The highest BCUT2D eigenvalue weighted by molar-refractivity contribution is 8.26. The van der Waals surface area contributed by atoms with E-state index in [2.05, 4.69) is 33.5 Å². The van der Waals surface area contributed by atoms with Crippen LogP contribution in [0.15, 0.2) is 62.7 Å². The second-order valence-electron chi connectivity index (χ2n) is 7.52. The molecule has 0 atom stereocenters. The van der Waals surface area contributed by atoms with Crippen LogP contribution in [0, 0.1) is 11.3 Å². The fraction of sp³-hybridized carbons (Fsp3) is 0.381. The molecule has 29 heavy (non-hydrogen) atoms. The summed E-state index contributed by atoms with van der Waals surface area (Å²) in [5.74, 6) is 0.403. The molecule has 0 aliphatic carbocycles. The van der Waals surface area contributed by atoms with E-state index in [-0.39, 0.29) is 11.4 Å². The van der Waals surface area contributed by atoms with Crippen LogP contribution in [-0.4, -0.2) is 57.3 Å². The Morgan fingerprint density at radius 1 is 1.28 bits per heavy atom. The maximum Gasteiger partial charge on any atom is 0.283 e. The minimum Gasteiger partial charge on any atom is -0.349 e. The fourth-order valence-electron chi connectivity index (χ4n) is 3.55. The van der Waals surface area contributed by atoms with Gasteiger partial charge in [0, 0.05) is 13.1 Å². The standard InChI is InChI=1S/C21H24N6OS/c1-4-5-6-17-14(3)15(12-23-17)11-16-18(22)27-20(24-19(16)28)29-21(25-27)26-9-7-13(2)8-10-26/h4-6,11,13,22H,1,7-10,12H2,2-3H3/b6-5-,16-11+,22-18?. The van der Waals surface area contributed by atoms with E-state index in [9.17, 15) is 4.79 Å². The van der Waals surface area contributed by atoms with Crippen molar-refractivity contribution in [3.8, 4) is 0 Å². The molecule has 4 aliphatic heterocycles. The average molecular weight is 409 g/mol. The van der Waals surface area contributed by atoms with Crippen molar-refractivity contribution in [2.75, 3.05) is 19.6 Å². The number of aliphatic imine (C=N–C) groups is 2. The summed E-state index contributed by atoms with van der Waals surface area (Å²) in [5.41, 5.74) is 3.03. The van der Waals surface area contributed by atoms with E-state index in [1.54, 1.807) is 12.2 Å². The molecule has 1 amide bonds. The molecule has 0 aromatic rings. The average Bonchev–Trinajstić information content (AvgIpc) is 3.28. The first-order valence-corrected chi connectivity index (χ1v) is 10.6. The number of likely N-dealkylation sites (tertiary alicyclic amines) is 1. The van der Waals surface area contributed by atoms with Gasteiger partial charge in [-0.15, -0.1) is 5.10 Å². The first kappa shape index (κ1) is 19.6. The molecule has 4 aliphatic rings. The number of amidine groups is 3. The zero-order valence-electron chi connectivity index (χ0n) is 16.7. The summed E-state index contributed by atoms with van der Waals surface area (Å²) in [6, 6.07) is 0. The Labute approximate surface area is 174 Å². The van der Waals surface area contributed by atoms with Gasteiger partial charge in [-0.1, -0.05) is 25.7 Å². The monoisotopic (exact) mass is 408 g/mol. The van der Waals surface area contributed by atoms with Gasteiger partial charge in [0.1, 0.15) is 0 Å². The van der Waals surface area contributed by atoms with Crippen LogP contribution in [0.1, 0.15) is 26.7 Å². The normalized spacial score (nSPS) is 24.5. The van der Waals surface area contributed by atoms with Gasteiger partial charge in [0.2, 0.25) is 5.17 Å². The van der Waals surface area contributed by atoms with E-state index < -0.39 is 5.91 Å². The molecule has 0 bridgehead atoms. The maximum absolute atomic E-state index is 12.6. The third-order valence-corrected chi connectivity index (χ3v) is 6.46. The lowest BCUT2D eigenvalue weighted by atomic mass is 10.00. The molecule has 0 radical (unpaired) electrons. The lowest BCUT2D eigenvalue weighted by Gasteiger charge is -2.30. The zero-order valence-corrected chi connectivity index (χ0v) is 17.5. The molecule has 0 saturated carbocycles. The van der Waals surface area contributed by atoms with Gasteiger partial charge in [-0.3, -0.25) is 15.2 Å². The van der Waals surface area contributed by atoms with Crippen molar-refractivity contribution < 1.29 is 4.79 Å². The molecule has 4 heterocycles. The molecule has 0 aromatic carbocycles. The number of hydrazone groups is 1. The lowest BCUT2D eigenvalue weighted by Crippen LogP contribution is -2.36. The highest BCUT2D eigenvalue weighted by Crippen LogP contribution is 2.31. The van der Waals surface area contributed by atoms with Crippen molar-refractivity contribution in [3.05, 3.63) is 47.6 Å². The highest BCUT2D eigenvalue weighted by Gasteiger charge is 2.38. The van der Waals surface area contributed by atoms with Crippen molar-refractivity contribution in [1.82, 2.24) is 9.91 Å². The molecule has 8 heteroatoms. The minimum atomic E-state index is -0.396. The third kappa shape index (κ3) is 3.76. The highest BCUT2D eigenvalue weighted by atomic mass is 32.2. The summed E-state index contributed by atoms with van der Waals surface area (Å²) in [6.07, 6.45) is 9.42. The molecule has 150 valence electrons. The topological polar surface area (TPSA) is 84.5 Å². The quantitative estimate of drug-likeness (QED) is 0.573. The second-order valence-corrected chi connectivity index (χ2v) is 8.45. The minimum absolute atomic E-state index is 0.0725. The van der Waals surface area contributed by atoms with Crippen LogP contribution in [0.3, 0.4) is 0 Å². The molecule has 0 spiro atoms. The Morgan fingerprint density at radius 3 is 2.76 bits per heavy atom. The molecule has 7 nitrogen and oxygen atoms in total. The Balaban J connectivity index is 1.57. The smallest absolute Gasteiger partial charge is 0.283 e. The summed E-state index contributed by atoms with van der Waals surface area (Å²) in [7, 11) is 0. The molecular weight excluding hydrogens is 384 g/mol. The molecule has 1 fully saturated rings. The molecule has 1 N–H and O–H groups in total. The van der Waals surface area contributed by atoms with Gasteiger partial charge in [0.25, 0.3) is 5.91 Å². The summed E-state index contributed by atoms with van der Waals surface area (Å²) < 4.78 is 0. The Morgan fingerprint density at radius 2 is 2.03 bits per heavy atom. The SMILES string of the molecule is C=C/C=C\C1=NCC(/C=C2\C(=N)N3N=C(N4CCC(C)CC4)SC3=NC2=O)=C1C. The number of nitrogens with one attached hydrogen (secondary N) is 1. The first-order chi connectivity index (χ1) is 14.0. The fourth-order valence-corrected chi connectivity index (χ4v) is 4.49. The van der Waals surface area contributed by atoms with Crippen molar-refractivity contribution in [1.29, 1.82) is 5.41 Å². The lowest BCUT2D eigenvalue weighted by molar-refractivity contribution is -0.114. The third-order valence-electron chi connectivity index (χ3n) is 5.49. The van der Waals surface area contributed by atoms with Crippen molar-refractivity contribution in [2.24, 2.45) is 21.0 Å². The van der Waals surface area contributed by atoms with Gasteiger partial charge in [-0.25, -0.2) is 0 Å². The van der Waals surface area contributed by atoms with E-state index in [4.69, 9.17) is 5.41 Å². The number of carbonyl (C=O) groups is 1. The molecule has 0 unspecified atom stereocenters. The number of hydrogen-bond acceptors (Lipinski definition) is 6. The summed E-state index contributed by atoms with van der Waals surface area (Å²) in [4.78, 5) is 23.5.